The van der Waals surface area contributed by atoms with Crippen LogP contribution in [0.1, 0.15) is 77.0 Å². The van der Waals surface area contributed by atoms with Crippen molar-refractivity contribution in [3.05, 3.63) is 11.6 Å². The number of H-pyrrole nitrogens is 1. The van der Waals surface area contributed by atoms with Gasteiger partial charge >= 0.3 is 0 Å². The lowest BCUT2D eigenvalue weighted by Crippen LogP contribution is -2.40. The number of aryl methyl sites for hydroxylation is 1. The van der Waals surface area contributed by atoms with Gasteiger partial charge in [-0.25, -0.2) is 4.98 Å². The van der Waals surface area contributed by atoms with Crippen LogP contribution in [0.2, 0.25) is 0 Å². The second kappa shape index (κ2) is 8.43. The van der Waals surface area contributed by atoms with Gasteiger partial charge in [-0.1, -0.05) is 39.5 Å². The van der Waals surface area contributed by atoms with E-state index < -0.39 is 6.10 Å². The molecule has 1 amide bonds. The van der Waals surface area contributed by atoms with E-state index in [1.54, 1.807) is 0 Å². The summed E-state index contributed by atoms with van der Waals surface area (Å²) in [5.74, 6) is 1.50. The predicted octanol–water partition coefficient (Wildman–Crippen LogP) is 3.05. The van der Waals surface area contributed by atoms with Gasteiger partial charge in [-0.2, -0.15) is 5.10 Å². The average Bonchev–Trinajstić information content (AvgIpc) is 2.76. The van der Waals surface area contributed by atoms with E-state index in [4.69, 9.17) is 4.74 Å². The van der Waals surface area contributed by atoms with Crippen molar-refractivity contribution in [3.63, 3.8) is 0 Å². The number of aromatic nitrogens is 3. The van der Waals surface area contributed by atoms with E-state index in [2.05, 4.69) is 20.5 Å². The van der Waals surface area contributed by atoms with Gasteiger partial charge in [0.2, 0.25) is 5.91 Å². The Morgan fingerprint density at radius 3 is 2.39 bits per heavy atom. The Kier molecular flexibility index (Phi) is 6.57. The second-order valence-corrected chi connectivity index (χ2v) is 6.90. The molecule has 1 fully saturated rings. The van der Waals surface area contributed by atoms with Crippen molar-refractivity contribution in [1.82, 2.24) is 20.5 Å². The molecule has 130 valence electrons. The van der Waals surface area contributed by atoms with Gasteiger partial charge in [0.1, 0.15) is 11.9 Å². The highest BCUT2D eigenvalue weighted by Crippen LogP contribution is 2.22. The zero-order valence-electron chi connectivity index (χ0n) is 14.8. The van der Waals surface area contributed by atoms with Crippen LogP contribution in [0.4, 0.5) is 0 Å². The van der Waals surface area contributed by atoms with Crippen LogP contribution in [-0.4, -0.2) is 33.3 Å². The molecule has 23 heavy (non-hydrogen) atoms. The van der Waals surface area contributed by atoms with Crippen LogP contribution in [-0.2, 0) is 9.53 Å². The fourth-order valence-corrected chi connectivity index (χ4v) is 3.03. The smallest absolute Gasteiger partial charge is 0.249 e. The molecule has 2 rings (SSSR count). The quantitative estimate of drug-likeness (QED) is 0.789. The maximum atomic E-state index is 12.5. The van der Waals surface area contributed by atoms with Gasteiger partial charge < -0.3 is 10.1 Å². The van der Waals surface area contributed by atoms with Crippen LogP contribution in [0.5, 0.6) is 0 Å². The lowest BCUT2D eigenvalue weighted by molar-refractivity contribution is -0.137. The first-order chi connectivity index (χ1) is 11.0. The average molecular weight is 322 g/mol. The SMILES string of the molecule is Cc1nc(C(NC(=O)C(C)OC2CCCCCC2)C(C)C)n[nH]1. The van der Waals surface area contributed by atoms with Crippen molar-refractivity contribution < 1.29 is 9.53 Å². The summed E-state index contributed by atoms with van der Waals surface area (Å²) in [7, 11) is 0. The summed E-state index contributed by atoms with van der Waals surface area (Å²) in [5.41, 5.74) is 0. The molecule has 1 heterocycles. The van der Waals surface area contributed by atoms with Crippen LogP contribution >= 0.6 is 0 Å². The number of carbonyl (C=O) groups excluding carboxylic acids is 1. The monoisotopic (exact) mass is 322 g/mol. The highest BCUT2D eigenvalue weighted by atomic mass is 16.5. The van der Waals surface area contributed by atoms with E-state index in [-0.39, 0.29) is 24.0 Å². The third kappa shape index (κ3) is 5.30. The topological polar surface area (TPSA) is 79.9 Å². The molecule has 6 nitrogen and oxygen atoms in total. The molecule has 2 N–H and O–H groups in total. The third-order valence-electron chi connectivity index (χ3n) is 4.43. The Labute approximate surface area is 138 Å². The molecule has 0 saturated heterocycles. The maximum absolute atomic E-state index is 12.5. The highest BCUT2D eigenvalue weighted by Gasteiger charge is 2.26. The minimum Gasteiger partial charge on any atom is -0.365 e. The van der Waals surface area contributed by atoms with E-state index in [0.29, 0.717) is 5.82 Å². The van der Waals surface area contributed by atoms with Crippen LogP contribution in [0.3, 0.4) is 0 Å². The lowest BCUT2D eigenvalue weighted by atomic mass is 10.0. The van der Waals surface area contributed by atoms with Crippen LogP contribution in [0, 0.1) is 12.8 Å². The Bertz CT molecular complexity index is 493. The van der Waals surface area contributed by atoms with Crippen molar-refractivity contribution >= 4 is 5.91 Å². The number of amides is 1. The molecule has 1 aromatic rings. The van der Waals surface area contributed by atoms with E-state index in [9.17, 15) is 4.79 Å². The van der Waals surface area contributed by atoms with Crippen LogP contribution in [0.15, 0.2) is 0 Å². The molecule has 0 aliphatic heterocycles. The molecule has 0 spiro atoms. The fraction of sp³-hybridized carbons (Fsp3) is 0.824. The van der Waals surface area contributed by atoms with E-state index in [1.807, 2.05) is 27.7 Å². The number of rotatable bonds is 6. The Morgan fingerprint density at radius 1 is 1.22 bits per heavy atom. The van der Waals surface area contributed by atoms with Crippen LogP contribution in [0.25, 0.3) is 0 Å². The summed E-state index contributed by atoms with van der Waals surface area (Å²) >= 11 is 0. The molecule has 6 heteroatoms. The minimum atomic E-state index is -0.445. The zero-order chi connectivity index (χ0) is 16.8. The zero-order valence-corrected chi connectivity index (χ0v) is 14.8. The molecular weight excluding hydrogens is 292 g/mol. The van der Waals surface area contributed by atoms with Crippen molar-refractivity contribution in [2.45, 2.75) is 84.5 Å². The summed E-state index contributed by atoms with van der Waals surface area (Å²) in [6.07, 6.45) is 6.84. The highest BCUT2D eigenvalue weighted by molar-refractivity contribution is 5.80. The Morgan fingerprint density at radius 2 is 1.87 bits per heavy atom. The van der Waals surface area contributed by atoms with E-state index in [1.165, 1.54) is 25.7 Å². The van der Waals surface area contributed by atoms with Crippen molar-refractivity contribution in [2.75, 3.05) is 0 Å². The molecule has 0 bridgehead atoms. The number of hydrogen-bond acceptors (Lipinski definition) is 4. The molecule has 0 radical (unpaired) electrons. The summed E-state index contributed by atoms with van der Waals surface area (Å²) in [4.78, 5) is 16.8. The van der Waals surface area contributed by atoms with Gasteiger partial charge in [-0.3, -0.25) is 9.89 Å². The second-order valence-electron chi connectivity index (χ2n) is 6.90. The van der Waals surface area contributed by atoms with Gasteiger partial charge in [0.25, 0.3) is 0 Å². The molecule has 2 unspecified atom stereocenters. The number of ether oxygens (including phenoxy) is 1. The van der Waals surface area contributed by atoms with Gasteiger partial charge in [0, 0.05) is 0 Å². The molecule has 1 aliphatic carbocycles. The van der Waals surface area contributed by atoms with Crippen molar-refractivity contribution in [2.24, 2.45) is 5.92 Å². The molecule has 1 aliphatic rings. The van der Waals surface area contributed by atoms with Crippen molar-refractivity contribution in [3.8, 4) is 0 Å². The minimum absolute atomic E-state index is 0.0876. The number of carbonyl (C=O) groups is 1. The molecule has 1 aromatic heterocycles. The molecule has 2 atom stereocenters. The van der Waals surface area contributed by atoms with Crippen molar-refractivity contribution in [1.29, 1.82) is 0 Å². The summed E-state index contributed by atoms with van der Waals surface area (Å²) in [6.45, 7) is 7.79. The summed E-state index contributed by atoms with van der Waals surface area (Å²) in [5, 5.41) is 10.1. The third-order valence-corrected chi connectivity index (χ3v) is 4.43. The molecular formula is C17H30N4O2. The van der Waals surface area contributed by atoms with Crippen LogP contribution < -0.4 is 5.32 Å². The predicted molar refractivity (Wildman–Crippen MR) is 88.9 cm³/mol. The molecule has 1 saturated carbocycles. The standard InChI is InChI=1S/C17H30N4O2/c1-11(2)15(16-18-13(4)20-21-16)19-17(22)12(3)23-14-9-7-5-6-8-10-14/h11-12,14-15H,5-10H2,1-4H3,(H,19,22)(H,18,20,21). The largest absolute Gasteiger partial charge is 0.365 e. The van der Waals surface area contributed by atoms with Gasteiger partial charge in [-0.15, -0.1) is 0 Å². The fourth-order valence-electron chi connectivity index (χ4n) is 3.03. The lowest BCUT2D eigenvalue weighted by Gasteiger charge is -2.24. The van der Waals surface area contributed by atoms with E-state index >= 15 is 0 Å². The summed E-state index contributed by atoms with van der Waals surface area (Å²) in [6, 6.07) is -0.201. The summed E-state index contributed by atoms with van der Waals surface area (Å²) < 4.78 is 5.99. The van der Waals surface area contributed by atoms with Gasteiger partial charge in [0.05, 0.1) is 12.1 Å². The first-order valence-electron chi connectivity index (χ1n) is 8.82. The maximum Gasteiger partial charge on any atom is 0.249 e. The Balaban J connectivity index is 1.92. The number of hydrogen-bond donors (Lipinski definition) is 2. The number of nitrogens with zero attached hydrogens (tertiary/aromatic N) is 2. The first kappa shape index (κ1) is 17.9. The first-order valence-corrected chi connectivity index (χ1v) is 8.82. The number of nitrogens with one attached hydrogen (secondary N) is 2. The Hall–Kier alpha value is -1.43. The number of aromatic amines is 1. The van der Waals surface area contributed by atoms with E-state index in [0.717, 1.165) is 18.7 Å². The van der Waals surface area contributed by atoms with Gasteiger partial charge in [0.15, 0.2) is 5.82 Å². The normalized spacial score (nSPS) is 19.3. The van der Waals surface area contributed by atoms with Gasteiger partial charge in [-0.05, 0) is 32.6 Å². The molecule has 0 aromatic carbocycles.